The molecule has 23 heavy (non-hydrogen) atoms. The van der Waals surface area contributed by atoms with Crippen molar-refractivity contribution < 1.29 is 14.3 Å². The van der Waals surface area contributed by atoms with Crippen LogP contribution in [0.3, 0.4) is 0 Å². The number of nitrogens with one attached hydrogen (secondary N) is 1. The van der Waals surface area contributed by atoms with Crippen molar-refractivity contribution in [2.75, 3.05) is 7.11 Å². The maximum atomic E-state index is 12.0. The van der Waals surface area contributed by atoms with Crippen LogP contribution in [0.5, 0.6) is 5.75 Å². The maximum absolute atomic E-state index is 12.0. The summed E-state index contributed by atoms with van der Waals surface area (Å²) in [5, 5.41) is 3.48. The average Bonchev–Trinajstić information content (AvgIpc) is 2.48. The molecule has 130 valence electrons. The lowest BCUT2D eigenvalue weighted by Crippen LogP contribution is -2.34. The number of esters is 1. The molecule has 0 aliphatic heterocycles. The van der Waals surface area contributed by atoms with Gasteiger partial charge in [0.2, 0.25) is 0 Å². The molecule has 0 aliphatic rings. The van der Waals surface area contributed by atoms with Crippen molar-refractivity contribution in [3.63, 3.8) is 0 Å². The van der Waals surface area contributed by atoms with Gasteiger partial charge in [0.15, 0.2) is 0 Å². The molecule has 0 aliphatic carbocycles. The van der Waals surface area contributed by atoms with Crippen molar-refractivity contribution in [1.82, 2.24) is 5.32 Å². The third-order valence-electron chi connectivity index (χ3n) is 3.49. The van der Waals surface area contributed by atoms with Gasteiger partial charge in [-0.15, -0.1) is 0 Å². The molecule has 0 heterocycles. The topological polar surface area (TPSA) is 47.6 Å². The molecule has 0 bridgehead atoms. The Morgan fingerprint density at radius 1 is 1.22 bits per heavy atom. The molecule has 1 aromatic rings. The summed E-state index contributed by atoms with van der Waals surface area (Å²) in [7, 11) is 1.66. The summed E-state index contributed by atoms with van der Waals surface area (Å²) in [6.45, 7) is 8.60. The minimum absolute atomic E-state index is 0.138. The first-order valence-electron chi connectivity index (χ1n) is 8.42. The van der Waals surface area contributed by atoms with Gasteiger partial charge >= 0.3 is 5.97 Å². The van der Waals surface area contributed by atoms with Crippen LogP contribution in [0.25, 0.3) is 0 Å². The number of carbonyl (C=O) groups is 1. The predicted molar refractivity (Wildman–Crippen MR) is 93.6 cm³/mol. The minimum Gasteiger partial charge on any atom is -0.497 e. The largest absolute Gasteiger partial charge is 0.497 e. The SMILES string of the molecule is CCCC[C@H](CC(=O)OC(C)(C)C)NCc1ccc(OC)cc1. The Hall–Kier alpha value is -1.55. The molecule has 1 N–H and O–H groups in total. The van der Waals surface area contributed by atoms with Gasteiger partial charge in [-0.2, -0.15) is 0 Å². The van der Waals surface area contributed by atoms with Crippen LogP contribution in [0.15, 0.2) is 24.3 Å². The molecule has 0 saturated heterocycles. The third-order valence-corrected chi connectivity index (χ3v) is 3.49. The van der Waals surface area contributed by atoms with E-state index in [2.05, 4.69) is 12.2 Å². The molecule has 4 nitrogen and oxygen atoms in total. The second kappa shape index (κ2) is 9.56. The fraction of sp³-hybridized carbons (Fsp3) is 0.632. The van der Waals surface area contributed by atoms with Crippen molar-refractivity contribution >= 4 is 5.97 Å². The summed E-state index contributed by atoms with van der Waals surface area (Å²) in [5.41, 5.74) is 0.749. The van der Waals surface area contributed by atoms with Crippen molar-refractivity contribution in [2.24, 2.45) is 0 Å². The Labute approximate surface area is 140 Å². The van der Waals surface area contributed by atoms with Crippen LogP contribution in [0.2, 0.25) is 0 Å². The highest BCUT2D eigenvalue weighted by Crippen LogP contribution is 2.14. The minimum atomic E-state index is -0.428. The quantitative estimate of drug-likeness (QED) is 0.696. The monoisotopic (exact) mass is 321 g/mol. The van der Waals surface area contributed by atoms with Crippen molar-refractivity contribution in [3.05, 3.63) is 29.8 Å². The Balaban J connectivity index is 2.54. The zero-order valence-electron chi connectivity index (χ0n) is 15.1. The zero-order chi connectivity index (χ0) is 17.3. The van der Waals surface area contributed by atoms with E-state index in [0.29, 0.717) is 6.42 Å². The van der Waals surface area contributed by atoms with E-state index in [4.69, 9.17) is 9.47 Å². The summed E-state index contributed by atoms with van der Waals surface area (Å²) >= 11 is 0. The molecule has 1 rings (SSSR count). The van der Waals surface area contributed by atoms with Crippen LogP contribution in [-0.2, 0) is 16.1 Å². The van der Waals surface area contributed by atoms with Crippen LogP contribution in [0.4, 0.5) is 0 Å². The maximum Gasteiger partial charge on any atom is 0.307 e. The number of methoxy groups -OCH3 is 1. The van der Waals surface area contributed by atoms with Gasteiger partial charge in [-0.05, 0) is 44.9 Å². The lowest BCUT2D eigenvalue weighted by Gasteiger charge is -2.23. The molecule has 0 saturated carbocycles. The molecule has 4 heteroatoms. The number of hydrogen-bond donors (Lipinski definition) is 1. The second-order valence-electron chi connectivity index (χ2n) is 6.86. The van der Waals surface area contributed by atoms with Gasteiger partial charge in [0.1, 0.15) is 11.4 Å². The molecule has 0 unspecified atom stereocenters. The Morgan fingerprint density at radius 3 is 2.39 bits per heavy atom. The van der Waals surface area contributed by atoms with Crippen LogP contribution < -0.4 is 10.1 Å². The number of hydrogen-bond acceptors (Lipinski definition) is 4. The summed E-state index contributed by atoms with van der Waals surface area (Å²) in [6.07, 6.45) is 3.61. The molecule has 0 amide bonds. The highest BCUT2D eigenvalue weighted by molar-refractivity contribution is 5.70. The third kappa shape index (κ3) is 8.60. The second-order valence-corrected chi connectivity index (χ2v) is 6.86. The van der Waals surface area contributed by atoms with Crippen LogP contribution in [0.1, 0.15) is 58.9 Å². The van der Waals surface area contributed by atoms with E-state index < -0.39 is 5.60 Å². The molecule has 0 fully saturated rings. The highest BCUT2D eigenvalue weighted by atomic mass is 16.6. The molecule has 0 radical (unpaired) electrons. The van der Waals surface area contributed by atoms with Crippen molar-refractivity contribution in [3.8, 4) is 5.75 Å². The zero-order valence-corrected chi connectivity index (χ0v) is 15.1. The molecular weight excluding hydrogens is 290 g/mol. The molecule has 0 aromatic heterocycles. The van der Waals surface area contributed by atoms with Crippen LogP contribution >= 0.6 is 0 Å². The Kier molecular flexibility index (Phi) is 8.10. The number of unbranched alkanes of at least 4 members (excludes halogenated alkanes) is 1. The van der Waals surface area contributed by atoms with E-state index in [1.165, 1.54) is 5.56 Å². The van der Waals surface area contributed by atoms with Crippen molar-refractivity contribution in [2.45, 2.75) is 71.6 Å². The van der Waals surface area contributed by atoms with E-state index in [-0.39, 0.29) is 12.0 Å². The van der Waals surface area contributed by atoms with E-state index in [1.54, 1.807) is 7.11 Å². The summed E-state index contributed by atoms with van der Waals surface area (Å²) < 4.78 is 10.6. The van der Waals surface area contributed by atoms with E-state index in [9.17, 15) is 4.79 Å². The van der Waals surface area contributed by atoms with Crippen LogP contribution in [0, 0.1) is 0 Å². The number of ether oxygens (including phenoxy) is 2. The number of rotatable bonds is 9. The van der Waals surface area contributed by atoms with Gasteiger partial charge in [-0.25, -0.2) is 0 Å². The number of benzene rings is 1. The van der Waals surface area contributed by atoms with E-state index in [1.807, 2.05) is 45.0 Å². The standard InChI is InChI=1S/C19H31NO3/c1-6-7-8-16(13-18(21)23-19(2,3)4)20-14-15-9-11-17(22-5)12-10-15/h9-12,16,20H,6-8,13-14H2,1-5H3/t16-/m1/s1. The fourth-order valence-electron chi connectivity index (χ4n) is 2.32. The van der Waals surface area contributed by atoms with Gasteiger partial charge in [-0.1, -0.05) is 31.9 Å². The first kappa shape index (κ1) is 19.5. The molecule has 0 spiro atoms. The highest BCUT2D eigenvalue weighted by Gasteiger charge is 2.20. The van der Waals surface area contributed by atoms with E-state index in [0.717, 1.165) is 31.6 Å². The van der Waals surface area contributed by atoms with Gasteiger partial charge in [0.25, 0.3) is 0 Å². The Morgan fingerprint density at radius 2 is 1.87 bits per heavy atom. The summed E-state index contributed by atoms with van der Waals surface area (Å²) in [6, 6.07) is 8.12. The van der Waals surface area contributed by atoms with E-state index >= 15 is 0 Å². The van der Waals surface area contributed by atoms with Crippen molar-refractivity contribution in [1.29, 1.82) is 0 Å². The van der Waals surface area contributed by atoms with Gasteiger partial charge < -0.3 is 14.8 Å². The van der Waals surface area contributed by atoms with Gasteiger partial charge in [0.05, 0.1) is 13.5 Å². The Bertz CT molecular complexity index is 462. The van der Waals surface area contributed by atoms with Gasteiger partial charge in [-0.3, -0.25) is 4.79 Å². The lowest BCUT2D eigenvalue weighted by atomic mass is 10.1. The van der Waals surface area contributed by atoms with Gasteiger partial charge in [0, 0.05) is 12.6 Å². The normalized spacial score (nSPS) is 12.7. The molecule has 1 aromatic carbocycles. The fourth-order valence-corrected chi connectivity index (χ4v) is 2.32. The molecule has 1 atom stereocenters. The predicted octanol–water partition coefficient (Wildman–Crippen LogP) is 4.08. The molecular formula is C19H31NO3. The smallest absolute Gasteiger partial charge is 0.307 e. The number of carbonyl (C=O) groups excluding carboxylic acids is 1. The van der Waals surface area contributed by atoms with Crippen LogP contribution in [-0.4, -0.2) is 24.7 Å². The first-order valence-corrected chi connectivity index (χ1v) is 8.42. The summed E-state index contributed by atoms with van der Waals surface area (Å²) in [5.74, 6) is 0.714. The lowest BCUT2D eigenvalue weighted by molar-refractivity contribution is -0.155. The average molecular weight is 321 g/mol. The first-order chi connectivity index (χ1) is 10.8. The summed E-state index contributed by atoms with van der Waals surface area (Å²) in [4.78, 5) is 12.0.